The molecule has 0 spiro atoms. The number of nitrogens with one attached hydrogen (secondary N) is 1. The van der Waals surface area contributed by atoms with Gasteiger partial charge in [-0.2, -0.15) is 0 Å². The van der Waals surface area contributed by atoms with Crippen molar-refractivity contribution in [2.75, 3.05) is 7.11 Å². The normalized spacial score (nSPS) is 14.8. The molecule has 1 radical (unpaired) electrons. The Morgan fingerprint density at radius 3 is 2.20 bits per heavy atom. The lowest BCUT2D eigenvalue weighted by atomic mass is 9.76. The Kier molecular flexibility index (Phi) is 5.62. The van der Waals surface area contributed by atoms with E-state index in [1.54, 1.807) is 25.7 Å². The zero-order valence-corrected chi connectivity index (χ0v) is 15.9. The molecule has 0 aromatic heterocycles. The lowest BCUT2D eigenvalue weighted by Crippen LogP contribution is -2.42. The van der Waals surface area contributed by atoms with Gasteiger partial charge in [-0.1, -0.05) is 38.4 Å². The molecule has 0 saturated heterocycles. The highest BCUT2D eigenvalue weighted by atomic mass is 16.5. The van der Waals surface area contributed by atoms with E-state index in [0.29, 0.717) is 16.6 Å². The van der Waals surface area contributed by atoms with Crippen molar-refractivity contribution >= 4 is 24.8 Å². The van der Waals surface area contributed by atoms with Crippen LogP contribution in [-0.2, 0) is 9.39 Å². The van der Waals surface area contributed by atoms with Crippen LogP contribution in [-0.4, -0.2) is 38.1 Å². The number of benzene rings is 1. The van der Waals surface area contributed by atoms with Crippen LogP contribution in [0.2, 0.25) is 0 Å². The van der Waals surface area contributed by atoms with Gasteiger partial charge in [0.2, 0.25) is 0 Å². The Morgan fingerprint density at radius 1 is 1.08 bits per heavy atom. The van der Waals surface area contributed by atoms with E-state index in [-0.39, 0.29) is 17.4 Å². The summed E-state index contributed by atoms with van der Waals surface area (Å²) in [7, 11) is 2.92. The van der Waals surface area contributed by atoms with Crippen LogP contribution in [0.15, 0.2) is 18.2 Å². The van der Waals surface area contributed by atoms with E-state index in [4.69, 9.17) is 9.39 Å². The number of carbonyl (C=O) groups excluding carboxylic acids is 2. The van der Waals surface area contributed by atoms with Crippen LogP contribution in [0, 0.1) is 5.41 Å². The molecule has 0 unspecified atom stereocenters. The summed E-state index contributed by atoms with van der Waals surface area (Å²) >= 11 is 0. The molecule has 6 heteroatoms. The molecule has 1 fully saturated rings. The van der Waals surface area contributed by atoms with Gasteiger partial charge in [0.25, 0.3) is 5.91 Å². The van der Waals surface area contributed by atoms with Gasteiger partial charge in [-0.3, -0.25) is 4.79 Å². The number of ether oxygens (including phenoxy) is 1. The molecule has 1 aromatic carbocycles. The maximum absolute atomic E-state index is 12.4. The second-order valence-corrected chi connectivity index (χ2v) is 8.08. The van der Waals surface area contributed by atoms with E-state index >= 15 is 0 Å². The molecule has 0 atom stereocenters. The number of rotatable bonds is 6. The summed E-state index contributed by atoms with van der Waals surface area (Å²) in [6.07, 6.45) is 2.01. The third-order valence-electron chi connectivity index (χ3n) is 4.85. The minimum Gasteiger partial charge on any atom is -0.465 e. The van der Waals surface area contributed by atoms with E-state index < -0.39 is 11.6 Å². The number of methoxy groups -OCH3 is 1. The predicted octanol–water partition coefficient (Wildman–Crippen LogP) is 2.45. The Labute approximate surface area is 150 Å². The first-order valence-corrected chi connectivity index (χ1v) is 8.59. The van der Waals surface area contributed by atoms with Crippen molar-refractivity contribution in [3.05, 3.63) is 29.3 Å². The molecule has 5 nitrogen and oxygen atoms in total. The van der Waals surface area contributed by atoms with Crippen LogP contribution in [0.25, 0.3) is 0 Å². The maximum Gasteiger partial charge on any atom is 0.337 e. The third kappa shape index (κ3) is 5.08. The molecule has 0 aliphatic heterocycles. The van der Waals surface area contributed by atoms with Gasteiger partial charge in [-0.05, 0) is 38.2 Å². The Morgan fingerprint density at radius 2 is 1.68 bits per heavy atom. The van der Waals surface area contributed by atoms with E-state index in [2.05, 4.69) is 26.1 Å². The number of carbonyl (C=O) groups is 2. The Hall–Kier alpha value is -1.82. The van der Waals surface area contributed by atoms with E-state index in [1.165, 1.54) is 7.11 Å². The molecule has 1 aliphatic carbocycles. The summed E-state index contributed by atoms with van der Waals surface area (Å²) in [6, 6.07) is 5.19. The van der Waals surface area contributed by atoms with Gasteiger partial charge < -0.3 is 14.7 Å². The number of amides is 1. The highest BCUT2D eigenvalue weighted by Gasteiger charge is 2.33. The predicted molar refractivity (Wildman–Crippen MR) is 98.3 cm³/mol. The van der Waals surface area contributed by atoms with Gasteiger partial charge in [0.15, 0.2) is 0 Å². The first kappa shape index (κ1) is 19.5. The summed E-state index contributed by atoms with van der Waals surface area (Å²) < 4.78 is 10.8. The fourth-order valence-corrected chi connectivity index (χ4v) is 1.98. The van der Waals surface area contributed by atoms with Crippen molar-refractivity contribution in [1.29, 1.82) is 0 Å². The van der Waals surface area contributed by atoms with Gasteiger partial charge >= 0.3 is 13.5 Å². The first-order valence-electron chi connectivity index (χ1n) is 8.59. The summed E-state index contributed by atoms with van der Waals surface area (Å²) in [6.45, 7) is 10.3. The first-order chi connectivity index (χ1) is 11.5. The largest absolute Gasteiger partial charge is 0.465 e. The van der Waals surface area contributed by atoms with Gasteiger partial charge in [-0.25, -0.2) is 4.79 Å². The molecule has 2 rings (SSSR count). The molecule has 1 N–H and O–H groups in total. The number of esters is 1. The zero-order chi connectivity index (χ0) is 18.8. The molecular formula is C19H27BNO4. The zero-order valence-electron chi connectivity index (χ0n) is 15.9. The van der Waals surface area contributed by atoms with E-state index in [9.17, 15) is 9.59 Å². The minimum absolute atomic E-state index is 0.0738. The molecule has 1 saturated carbocycles. The molecule has 0 heterocycles. The van der Waals surface area contributed by atoms with Crippen LogP contribution >= 0.6 is 0 Å². The fourth-order valence-electron chi connectivity index (χ4n) is 1.98. The van der Waals surface area contributed by atoms with Crippen LogP contribution in [0.3, 0.4) is 0 Å². The summed E-state index contributed by atoms with van der Waals surface area (Å²) in [5.74, 6) is -0.663. The summed E-state index contributed by atoms with van der Waals surface area (Å²) in [5, 5.41) is 2.93. The van der Waals surface area contributed by atoms with Crippen molar-refractivity contribution in [1.82, 2.24) is 5.32 Å². The fraction of sp³-hybridized carbons (Fsp3) is 0.579. The number of hydrogen-bond donors (Lipinski definition) is 1. The van der Waals surface area contributed by atoms with Gasteiger partial charge in [0, 0.05) is 11.6 Å². The van der Waals surface area contributed by atoms with Crippen molar-refractivity contribution in [2.45, 2.75) is 59.1 Å². The second kappa shape index (κ2) is 7.20. The highest BCUT2D eigenvalue weighted by molar-refractivity contribution is 6.47. The topological polar surface area (TPSA) is 64.6 Å². The second-order valence-electron chi connectivity index (χ2n) is 8.08. The molecule has 25 heavy (non-hydrogen) atoms. The van der Waals surface area contributed by atoms with Crippen LogP contribution in [0.1, 0.15) is 68.2 Å². The van der Waals surface area contributed by atoms with Crippen molar-refractivity contribution in [3.8, 4) is 0 Å². The van der Waals surface area contributed by atoms with Crippen LogP contribution in [0.4, 0.5) is 0 Å². The standard InChI is InChI=1S/C19H27BNO4/c1-18(2,3)19(4,5)25-20-14-10-12(16(22)21-15-7-8-15)9-13(11-14)17(23)24-6/h9-11,15H,7-8H2,1-6H3,(H,21,22). The molecule has 1 aromatic rings. The average molecular weight is 344 g/mol. The Balaban J connectivity index is 2.23. The SMILES string of the molecule is COC(=O)c1cc([B]OC(C)(C)C(C)(C)C)cc(C(=O)NC2CC2)c1. The number of hydrogen-bond acceptors (Lipinski definition) is 4. The van der Waals surface area contributed by atoms with Crippen molar-refractivity contribution in [2.24, 2.45) is 5.41 Å². The van der Waals surface area contributed by atoms with Crippen molar-refractivity contribution in [3.63, 3.8) is 0 Å². The maximum atomic E-state index is 12.4. The van der Waals surface area contributed by atoms with Crippen molar-refractivity contribution < 1.29 is 19.0 Å². The summed E-state index contributed by atoms with van der Waals surface area (Å²) in [5.41, 5.74) is 0.925. The molecule has 1 amide bonds. The minimum atomic E-state index is -0.481. The lowest BCUT2D eigenvalue weighted by Gasteiger charge is -2.39. The van der Waals surface area contributed by atoms with Crippen LogP contribution < -0.4 is 10.8 Å². The molecular weight excluding hydrogens is 317 g/mol. The summed E-state index contributed by atoms with van der Waals surface area (Å²) in [4.78, 5) is 24.3. The molecule has 135 valence electrons. The Bertz CT molecular complexity index is 660. The quantitative estimate of drug-likeness (QED) is 0.636. The molecule has 0 bridgehead atoms. The van der Waals surface area contributed by atoms with Gasteiger partial charge in [0.1, 0.15) is 0 Å². The highest BCUT2D eigenvalue weighted by Crippen LogP contribution is 2.32. The monoisotopic (exact) mass is 344 g/mol. The van der Waals surface area contributed by atoms with Gasteiger partial charge in [0.05, 0.1) is 18.3 Å². The van der Waals surface area contributed by atoms with E-state index in [0.717, 1.165) is 12.8 Å². The smallest absolute Gasteiger partial charge is 0.337 e. The molecule has 1 aliphatic rings. The van der Waals surface area contributed by atoms with Crippen LogP contribution in [0.5, 0.6) is 0 Å². The average Bonchev–Trinajstić information content (AvgIpc) is 3.34. The van der Waals surface area contributed by atoms with E-state index in [1.807, 2.05) is 13.8 Å². The third-order valence-corrected chi connectivity index (χ3v) is 4.85. The van der Waals surface area contributed by atoms with Gasteiger partial charge in [-0.15, -0.1) is 0 Å². The lowest BCUT2D eigenvalue weighted by molar-refractivity contribution is 0.00504.